The van der Waals surface area contributed by atoms with Crippen LogP contribution in [0.15, 0.2) is 35.3 Å². The molecule has 1 heterocycles. The number of para-hydroxylation sites is 1. The smallest absolute Gasteiger partial charge is 0.191 e. The van der Waals surface area contributed by atoms with E-state index < -0.39 is 0 Å². The van der Waals surface area contributed by atoms with Crippen molar-refractivity contribution >= 4 is 29.9 Å². The molecule has 0 saturated carbocycles. The van der Waals surface area contributed by atoms with Crippen molar-refractivity contribution in [3.05, 3.63) is 30.3 Å². The van der Waals surface area contributed by atoms with Gasteiger partial charge in [-0.3, -0.25) is 9.89 Å². The molecule has 0 aromatic heterocycles. The van der Waals surface area contributed by atoms with Crippen LogP contribution in [0.25, 0.3) is 0 Å². The Hall–Kier alpha value is -1.02. The predicted molar refractivity (Wildman–Crippen MR) is 112 cm³/mol. The lowest BCUT2D eigenvalue weighted by atomic mass is 10.2. The van der Waals surface area contributed by atoms with Crippen molar-refractivity contribution in [3.8, 4) is 5.75 Å². The molecule has 2 rings (SSSR count). The Balaban J connectivity index is 0.00000288. The van der Waals surface area contributed by atoms with Crippen LogP contribution >= 0.6 is 24.0 Å². The van der Waals surface area contributed by atoms with Gasteiger partial charge in [-0.2, -0.15) is 0 Å². The van der Waals surface area contributed by atoms with Gasteiger partial charge in [0, 0.05) is 19.6 Å². The number of nitrogens with one attached hydrogen (secondary N) is 2. The Morgan fingerprint density at radius 2 is 1.92 bits per heavy atom. The fraction of sp³-hybridized carbons (Fsp3) is 0.611. The molecule has 5 nitrogen and oxygen atoms in total. The largest absolute Gasteiger partial charge is 0.492 e. The molecule has 0 radical (unpaired) electrons. The van der Waals surface area contributed by atoms with Gasteiger partial charge in [-0.05, 0) is 44.5 Å². The summed E-state index contributed by atoms with van der Waals surface area (Å²) in [6.45, 7) is 7.02. The van der Waals surface area contributed by atoms with Crippen molar-refractivity contribution in [3.63, 3.8) is 0 Å². The molecule has 1 aromatic rings. The number of nitrogens with zero attached hydrogens (tertiary/aromatic N) is 2. The van der Waals surface area contributed by atoms with Crippen molar-refractivity contribution in [2.24, 2.45) is 4.99 Å². The molecule has 1 aromatic carbocycles. The van der Waals surface area contributed by atoms with Gasteiger partial charge in [0.05, 0.1) is 6.54 Å². The van der Waals surface area contributed by atoms with E-state index in [9.17, 15) is 0 Å². The van der Waals surface area contributed by atoms with Crippen LogP contribution < -0.4 is 15.4 Å². The van der Waals surface area contributed by atoms with E-state index in [0.29, 0.717) is 12.6 Å². The SMILES string of the molecule is CCC(CNC(=NC)NCCOc1ccccc1)N1CCCC1.I. The van der Waals surface area contributed by atoms with E-state index in [4.69, 9.17) is 4.74 Å². The average molecular weight is 446 g/mol. The summed E-state index contributed by atoms with van der Waals surface area (Å²) < 4.78 is 5.68. The van der Waals surface area contributed by atoms with Crippen LogP contribution in [-0.4, -0.2) is 56.7 Å². The maximum absolute atomic E-state index is 5.68. The number of rotatable bonds is 8. The lowest BCUT2D eigenvalue weighted by Crippen LogP contribution is -2.46. The third-order valence-corrected chi connectivity index (χ3v) is 4.26. The Morgan fingerprint density at radius 1 is 1.21 bits per heavy atom. The van der Waals surface area contributed by atoms with E-state index >= 15 is 0 Å². The van der Waals surface area contributed by atoms with Gasteiger partial charge < -0.3 is 15.4 Å². The Morgan fingerprint density at radius 3 is 2.54 bits per heavy atom. The first-order chi connectivity index (χ1) is 11.3. The van der Waals surface area contributed by atoms with E-state index in [0.717, 1.165) is 24.8 Å². The molecule has 1 saturated heterocycles. The fourth-order valence-corrected chi connectivity index (χ4v) is 2.93. The summed E-state index contributed by atoms with van der Waals surface area (Å²) in [5, 5.41) is 6.74. The monoisotopic (exact) mass is 446 g/mol. The van der Waals surface area contributed by atoms with Gasteiger partial charge in [0.15, 0.2) is 5.96 Å². The second-order valence-corrected chi connectivity index (χ2v) is 5.85. The lowest BCUT2D eigenvalue weighted by Gasteiger charge is -2.27. The number of likely N-dealkylation sites (tertiary alicyclic amines) is 1. The maximum atomic E-state index is 5.68. The predicted octanol–water partition coefficient (Wildman–Crippen LogP) is 2.72. The molecule has 0 bridgehead atoms. The summed E-state index contributed by atoms with van der Waals surface area (Å²) in [5.74, 6) is 1.75. The highest BCUT2D eigenvalue weighted by atomic mass is 127. The van der Waals surface area contributed by atoms with Crippen LogP contribution in [0.4, 0.5) is 0 Å². The number of hydrogen-bond donors (Lipinski definition) is 2. The first-order valence-corrected chi connectivity index (χ1v) is 8.70. The molecule has 2 N–H and O–H groups in total. The molecule has 0 spiro atoms. The van der Waals surface area contributed by atoms with Gasteiger partial charge in [0.25, 0.3) is 0 Å². The van der Waals surface area contributed by atoms with Crippen LogP contribution in [0.3, 0.4) is 0 Å². The van der Waals surface area contributed by atoms with Crippen molar-refractivity contribution in [1.82, 2.24) is 15.5 Å². The van der Waals surface area contributed by atoms with Gasteiger partial charge >= 0.3 is 0 Å². The Labute approximate surface area is 163 Å². The second kappa shape index (κ2) is 12.4. The molecule has 1 aliphatic rings. The highest BCUT2D eigenvalue weighted by Gasteiger charge is 2.20. The molecule has 0 amide bonds. The van der Waals surface area contributed by atoms with Gasteiger partial charge in [-0.1, -0.05) is 25.1 Å². The van der Waals surface area contributed by atoms with Crippen LogP contribution in [-0.2, 0) is 0 Å². The third-order valence-electron chi connectivity index (χ3n) is 4.26. The zero-order valence-corrected chi connectivity index (χ0v) is 17.2. The molecule has 1 unspecified atom stereocenters. The summed E-state index contributed by atoms with van der Waals surface area (Å²) in [6.07, 6.45) is 3.84. The van der Waals surface area contributed by atoms with Gasteiger partial charge in [0.2, 0.25) is 0 Å². The molecule has 6 heteroatoms. The molecule has 0 aliphatic carbocycles. The van der Waals surface area contributed by atoms with E-state index in [1.165, 1.54) is 32.4 Å². The molecule has 136 valence electrons. The summed E-state index contributed by atoms with van der Waals surface area (Å²) in [4.78, 5) is 6.87. The zero-order valence-electron chi connectivity index (χ0n) is 14.8. The standard InChI is InChI=1S/C18H30N4O.HI/c1-3-16(22-12-7-8-13-22)15-21-18(19-2)20-11-14-23-17-9-5-4-6-10-17;/h4-6,9-10,16H,3,7-8,11-15H2,1-2H3,(H2,19,20,21);1H. The normalized spacial score (nSPS) is 16.3. The lowest BCUT2D eigenvalue weighted by molar-refractivity contribution is 0.236. The molecule has 1 aliphatic heterocycles. The van der Waals surface area contributed by atoms with Gasteiger partial charge in [0.1, 0.15) is 12.4 Å². The van der Waals surface area contributed by atoms with Crippen molar-refractivity contribution < 1.29 is 4.74 Å². The summed E-state index contributed by atoms with van der Waals surface area (Å²) in [7, 11) is 1.81. The van der Waals surface area contributed by atoms with Crippen LogP contribution in [0.5, 0.6) is 5.75 Å². The maximum Gasteiger partial charge on any atom is 0.191 e. The number of guanidine groups is 1. The summed E-state index contributed by atoms with van der Waals surface area (Å²) >= 11 is 0. The van der Waals surface area contributed by atoms with E-state index in [2.05, 4.69) is 27.4 Å². The quantitative estimate of drug-likeness (QED) is 0.279. The minimum Gasteiger partial charge on any atom is -0.492 e. The van der Waals surface area contributed by atoms with Crippen molar-refractivity contribution in [2.75, 3.05) is 39.8 Å². The van der Waals surface area contributed by atoms with Gasteiger partial charge in [-0.25, -0.2) is 0 Å². The second-order valence-electron chi connectivity index (χ2n) is 5.85. The first kappa shape index (κ1) is 21.0. The summed E-state index contributed by atoms with van der Waals surface area (Å²) in [6, 6.07) is 10.5. The van der Waals surface area contributed by atoms with E-state index in [-0.39, 0.29) is 24.0 Å². The molecular weight excluding hydrogens is 415 g/mol. The molecular formula is C18H31IN4O. The van der Waals surface area contributed by atoms with E-state index in [1.54, 1.807) is 0 Å². The van der Waals surface area contributed by atoms with E-state index in [1.807, 2.05) is 37.4 Å². The number of aliphatic imine (C=N–C) groups is 1. The minimum absolute atomic E-state index is 0. The molecule has 24 heavy (non-hydrogen) atoms. The zero-order chi connectivity index (χ0) is 16.3. The van der Waals surface area contributed by atoms with Crippen LogP contribution in [0.1, 0.15) is 26.2 Å². The topological polar surface area (TPSA) is 48.9 Å². The minimum atomic E-state index is 0. The number of ether oxygens (including phenoxy) is 1. The Kier molecular flexibility index (Phi) is 10.8. The van der Waals surface area contributed by atoms with Gasteiger partial charge in [-0.15, -0.1) is 24.0 Å². The van der Waals surface area contributed by atoms with Crippen LogP contribution in [0, 0.1) is 0 Å². The molecule has 1 fully saturated rings. The van der Waals surface area contributed by atoms with Crippen molar-refractivity contribution in [2.45, 2.75) is 32.2 Å². The number of benzene rings is 1. The number of hydrogen-bond acceptors (Lipinski definition) is 3. The fourth-order valence-electron chi connectivity index (χ4n) is 2.93. The summed E-state index contributed by atoms with van der Waals surface area (Å²) in [5.41, 5.74) is 0. The van der Waals surface area contributed by atoms with Crippen molar-refractivity contribution in [1.29, 1.82) is 0 Å². The highest BCUT2D eigenvalue weighted by Crippen LogP contribution is 2.13. The third kappa shape index (κ3) is 7.25. The number of halogens is 1. The average Bonchev–Trinajstić information content (AvgIpc) is 3.12. The molecule has 1 atom stereocenters. The van der Waals surface area contributed by atoms with Crippen LogP contribution in [0.2, 0.25) is 0 Å². The highest BCUT2D eigenvalue weighted by molar-refractivity contribution is 14.0. The Bertz CT molecular complexity index is 463. The first-order valence-electron chi connectivity index (χ1n) is 8.70.